The van der Waals surface area contributed by atoms with Crippen LogP contribution in [-0.4, -0.2) is 119 Å². The van der Waals surface area contributed by atoms with Gasteiger partial charge < -0.3 is 56.2 Å². The molecule has 0 saturated carbocycles. The number of fused-ring (bicyclic) bond motifs is 3. The molecule has 2 aromatic heterocycles. The zero-order valence-electron chi connectivity index (χ0n) is 40.7. The SMILES string of the molecule is CC(C)N(CCCNC(=O)Nc1ccc(C(C)(C)C)cc1)C[C@H]1O[C@@H](n2cnc3c(NCCCCNC(=S)Nc4ccc(-c5c6ccc(=O)cc-6oc6cc(O)ccc56)c(C(=O)O)c4)ncnc32)[C@H](O)[C@@H]1O. The number of nitrogens with zero attached hydrogens (tertiary/aromatic N) is 5. The molecule has 1 aliphatic carbocycles. The lowest BCUT2D eigenvalue weighted by Crippen LogP contribution is -2.44. The number of aromatic hydroxyl groups is 1. The van der Waals surface area contributed by atoms with E-state index in [0.29, 0.717) is 107 Å². The van der Waals surface area contributed by atoms with Crippen LogP contribution in [-0.2, 0) is 10.2 Å². The predicted molar refractivity (Wildman–Crippen MR) is 280 cm³/mol. The van der Waals surface area contributed by atoms with E-state index in [2.05, 4.69) is 67.2 Å². The third-order valence-electron chi connectivity index (χ3n) is 12.7. The van der Waals surface area contributed by atoms with Crippen LogP contribution in [0.1, 0.15) is 76.0 Å². The molecule has 2 aliphatic heterocycles. The van der Waals surface area contributed by atoms with Gasteiger partial charge in [0, 0.05) is 78.8 Å². The zero-order valence-corrected chi connectivity index (χ0v) is 41.5. The first-order valence-corrected chi connectivity index (χ1v) is 24.3. The number of amides is 2. The average molecular weight is 1000 g/mol. The molecule has 0 unspecified atom stereocenters. The number of carbonyl (C=O) groups is 2. The summed E-state index contributed by atoms with van der Waals surface area (Å²) in [5, 5.41) is 59.1. The third-order valence-corrected chi connectivity index (χ3v) is 12.9. The minimum Gasteiger partial charge on any atom is -0.508 e. The van der Waals surface area contributed by atoms with Gasteiger partial charge in [-0.3, -0.25) is 14.3 Å². The van der Waals surface area contributed by atoms with Crippen molar-refractivity contribution in [3.05, 3.63) is 113 Å². The largest absolute Gasteiger partial charge is 0.508 e. The van der Waals surface area contributed by atoms with Crippen molar-refractivity contribution in [1.82, 2.24) is 35.1 Å². The van der Waals surface area contributed by atoms with Crippen molar-refractivity contribution < 1.29 is 39.2 Å². The molecule has 72 heavy (non-hydrogen) atoms. The molecule has 9 N–H and O–H groups in total. The molecule has 0 spiro atoms. The quantitative estimate of drug-likeness (QED) is 0.0235. The molecule has 378 valence electrons. The number of urea groups is 1. The van der Waals surface area contributed by atoms with Gasteiger partial charge in [0.1, 0.15) is 41.7 Å². The summed E-state index contributed by atoms with van der Waals surface area (Å²) in [5.74, 6) is -0.457. The fourth-order valence-corrected chi connectivity index (χ4v) is 9.00. The molecule has 3 aliphatic rings. The zero-order chi connectivity index (χ0) is 51.3. The lowest BCUT2D eigenvalue weighted by atomic mass is 9.87. The van der Waals surface area contributed by atoms with Crippen LogP contribution in [0.15, 0.2) is 101 Å². The number of ether oxygens (including phenoxy) is 1. The van der Waals surface area contributed by atoms with E-state index in [1.54, 1.807) is 28.8 Å². The Bertz CT molecular complexity index is 3100. The second-order valence-electron chi connectivity index (χ2n) is 19.1. The summed E-state index contributed by atoms with van der Waals surface area (Å²) in [7, 11) is 0. The van der Waals surface area contributed by atoms with Crippen molar-refractivity contribution in [3.8, 4) is 28.2 Å². The van der Waals surface area contributed by atoms with Crippen LogP contribution in [0.5, 0.6) is 5.75 Å². The lowest BCUT2D eigenvalue weighted by molar-refractivity contribution is -0.0468. The number of aliphatic hydroxyl groups is 2. The summed E-state index contributed by atoms with van der Waals surface area (Å²) in [6.45, 7) is 13.0. The molecule has 1 fully saturated rings. The summed E-state index contributed by atoms with van der Waals surface area (Å²) in [6, 6.07) is 21.4. The number of benzene rings is 4. The average Bonchev–Trinajstić information content (AvgIpc) is 3.89. The van der Waals surface area contributed by atoms with E-state index < -0.39 is 30.5 Å². The van der Waals surface area contributed by atoms with Gasteiger partial charge >= 0.3 is 12.0 Å². The summed E-state index contributed by atoms with van der Waals surface area (Å²) >= 11 is 5.55. The number of imidazole rings is 1. The van der Waals surface area contributed by atoms with Crippen LogP contribution in [0.4, 0.5) is 22.0 Å². The normalized spacial score (nSPS) is 17.0. The fourth-order valence-electron chi connectivity index (χ4n) is 8.78. The molecule has 19 nitrogen and oxygen atoms in total. The Morgan fingerprint density at radius 3 is 2.33 bits per heavy atom. The summed E-state index contributed by atoms with van der Waals surface area (Å²) in [4.78, 5) is 53.0. The molecule has 4 atom stereocenters. The Kier molecular flexibility index (Phi) is 15.7. The number of hydrogen-bond acceptors (Lipinski definition) is 14. The Balaban J connectivity index is 0.802. The molecular formula is C52H60N10O9S. The molecule has 5 aromatic rings. The second kappa shape index (κ2) is 22.0. The van der Waals surface area contributed by atoms with Crippen molar-refractivity contribution in [1.29, 1.82) is 0 Å². The molecule has 0 radical (unpaired) electrons. The third kappa shape index (κ3) is 11.7. The Morgan fingerprint density at radius 2 is 1.58 bits per heavy atom. The maximum atomic E-state index is 12.7. The van der Waals surface area contributed by atoms with E-state index in [9.17, 15) is 34.8 Å². The minimum atomic E-state index is -1.25. The maximum absolute atomic E-state index is 12.7. The van der Waals surface area contributed by atoms with Gasteiger partial charge in [-0.2, -0.15) is 0 Å². The van der Waals surface area contributed by atoms with Gasteiger partial charge in [-0.25, -0.2) is 24.5 Å². The van der Waals surface area contributed by atoms with E-state index >= 15 is 0 Å². The van der Waals surface area contributed by atoms with Crippen molar-refractivity contribution in [3.63, 3.8) is 0 Å². The highest BCUT2D eigenvalue weighted by molar-refractivity contribution is 7.80. The number of aromatic carboxylic acids is 1. The maximum Gasteiger partial charge on any atom is 0.336 e. The summed E-state index contributed by atoms with van der Waals surface area (Å²) < 4.78 is 13.9. The molecule has 3 aromatic carbocycles. The van der Waals surface area contributed by atoms with Gasteiger partial charge in [-0.1, -0.05) is 39.0 Å². The number of carboxylic acids is 1. The van der Waals surface area contributed by atoms with Crippen LogP contribution in [0.25, 0.3) is 44.6 Å². The highest BCUT2D eigenvalue weighted by Gasteiger charge is 2.45. The van der Waals surface area contributed by atoms with Crippen LogP contribution >= 0.6 is 12.2 Å². The van der Waals surface area contributed by atoms with E-state index in [1.807, 2.05) is 38.1 Å². The van der Waals surface area contributed by atoms with E-state index in [4.69, 9.17) is 21.4 Å². The highest BCUT2D eigenvalue weighted by atomic mass is 32.1. The number of phenols is 1. The second-order valence-corrected chi connectivity index (χ2v) is 19.5. The van der Waals surface area contributed by atoms with Crippen LogP contribution in [0.2, 0.25) is 0 Å². The minimum absolute atomic E-state index is 0.00743. The number of phenolic OH excluding ortho intramolecular Hbond substituents is 1. The van der Waals surface area contributed by atoms with Gasteiger partial charge in [0.15, 0.2) is 33.8 Å². The Morgan fingerprint density at radius 1 is 0.847 bits per heavy atom. The van der Waals surface area contributed by atoms with Crippen molar-refractivity contribution in [2.24, 2.45) is 0 Å². The Labute approximate surface area is 421 Å². The molecule has 8 rings (SSSR count). The number of nitrogens with one attached hydrogen (secondary N) is 5. The van der Waals surface area contributed by atoms with E-state index in [0.717, 1.165) is 6.42 Å². The van der Waals surface area contributed by atoms with Gasteiger partial charge in [-0.05, 0) is 110 Å². The van der Waals surface area contributed by atoms with Crippen molar-refractivity contribution in [2.45, 2.75) is 89.9 Å². The number of carboxylic acid groups (broad SMARTS) is 1. The fraction of sp³-hybridized carbons (Fsp3) is 0.365. The van der Waals surface area contributed by atoms with Gasteiger partial charge in [0.05, 0.1) is 11.9 Å². The highest BCUT2D eigenvalue weighted by Crippen LogP contribution is 2.42. The molecule has 2 amide bonds. The first-order valence-electron chi connectivity index (χ1n) is 23.9. The molecular weight excluding hydrogens is 941 g/mol. The summed E-state index contributed by atoms with van der Waals surface area (Å²) in [6.07, 6.45) is 0.936. The van der Waals surface area contributed by atoms with Crippen LogP contribution in [0.3, 0.4) is 0 Å². The molecule has 0 bridgehead atoms. The smallest absolute Gasteiger partial charge is 0.336 e. The number of aromatic nitrogens is 4. The molecule has 1 saturated heterocycles. The monoisotopic (exact) mass is 1000 g/mol. The van der Waals surface area contributed by atoms with Crippen molar-refractivity contribution in [2.75, 3.05) is 48.7 Å². The topological polar surface area (TPSA) is 261 Å². The van der Waals surface area contributed by atoms with Crippen LogP contribution < -0.4 is 32.0 Å². The Hall–Kier alpha value is -7.23. The molecule has 20 heteroatoms. The predicted octanol–water partition coefficient (Wildman–Crippen LogP) is 7.13. The number of unbranched alkanes of at least 4 members (excludes halogenated alkanes) is 1. The van der Waals surface area contributed by atoms with Crippen LogP contribution in [0, 0.1) is 0 Å². The van der Waals surface area contributed by atoms with E-state index in [1.165, 1.54) is 48.5 Å². The number of hydrogen-bond donors (Lipinski definition) is 9. The first kappa shape index (κ1) is 51.1. The van der Waals surface area contributed by atoms with E-state index in [-0.39, 0.29) is 40.0 Å². The van der Waals surface area contributed by atoms with Gasteiger partial charge in [0.2, 0.25) is 0 Å². The standard InChI is InChI=1S/C52H60N10O9S/c1-29(2)61(22-8-21-54-50(69)59-31-11-9-30(10-12-31)52(3,4)5)26-41-44(65)45(66)48(71-41)62-28-58-43-46(56-27-57-47(43)62)53-19-6-7-20-55-51(72)60-32-13-16-35(38(23-32)49(67)68)42-36-17-14-33(63)24-39(36)70-40-25-34(64)15-18-37(40)42/h9-18,23-25,27-29,41,44-45,48,63,65-66H,6-8,19-22,26H2,1-5H3,(H,67,68)(H,53,56,57)(H2,54,59,69)(H2,55,60,72)/t41-,44-,45-,48-/m1/s1. The summed E-state index contributed by atoms with van der Waals surface area (Å²) in [5.41, 5.74) is 4.76. The number of anilines is 3. The lowest BCUT2D eigenvalue weighted by Gasteiger charge is -2.30. The number of rotatable bonds is 18. The first-order chi connectivity index (χ1) is 34.4. The number of thiocarbonyl (C=S) groups is 1. The molecule has 4 heterocycles. The van der Waals surface area contributed by atoms with Crippen molar-refractivity contribution >= 4 is 68.7 Å². The number of carbonyl (C=O) groups excluding carboxylic acids is 1. The van der Waals surface area contributed by atoms with Gasteiger partial charge in [0.25, 0.3) is 0 Å². The number of aliphatic hydroxyl groups excluding tert-OH is 2. The van der Waals surface area contributed by atoms with Gasteiger partial charge in [-0.15, -0.1) is 0 Å².